The molecule has 0 aliphatic heterocycles. The van der Waals surface area contributed by atoms with Crippen LogP contribution in [0.2, 0.25) is 0 Å². The van der Waals surface area contributed by atoms with E-state index >= 15 is 0 Å². The largest absolute Gasteiger partial charge is 0.314 e. The van der Waals surface area contributed by atoms with Gasteiger partial charge in [0.05, 0.1) is 4.92 Å². The molecule has 2 atom stereocenters. The number of nitro benzene ring substituents is 1. The van der Waals surface area contributed by atoms with Gasteiger partial charge in [0.15, 0.2) is 0 Å². The Morgan fingerprint density at radius 3 is 2.42 bits per heavy atom. The van der Waals surface area contributed by atoms with Crippen molar-refractivity contribution in [3.05, 3.63) is 39.4 Å². The number of nitrogens with one attached hydrogen (secondary N) is 1. The van der Waals surface area contributed by atoms with E-state index in [0.717, 1.165) is 17.7 Å². The molecule has 0 aliphatic carbocycles. The van der Waals surface area contributed by atoms with Gasteiger partial charge in [0, 0.05) is 23.6 Å². The molecule has 4 heteroatoms. The van der Waals surface area contributed by atoms with Crippen molar-refractivity contribution in [2.24, 2.45) is 5.92 Å². The number of nitrogens with zero attached hydrogens (tertiary/aromatic N) is 1. The van der Waals surface area contributed by atoms with Crippen molar-refractivity contribution in [2.75, 3.05) is 6.54 Å². The van der Waals surface area contributed by atoms with Crippen LogP contribution in [0.15, 0.2) is 18.2 Å². The molecule has 2 unspecified atom stereocenters. The summed E-state index contributed by atoms with van der Waals surface area (Å²) in [6, 6.07) is 5.59. The third-order valence-corrected chi connectivity index (χ3v) is 3.52. The second-order valence-electron chi connectivity index (χ2n) is 5.44. The monoisotopic (exact) mass is 264 g/mol. The third-order valence-electron chi connectivity index (χ3n) is 3.52. The van der Waals surface area contributed by atoms with E-state index < -0.39 is 0 Å². The van der Waals surface area contributed by atoms with Crippen LogP contribution in [-0.2, 0) is 0 Å². The Balaban J connectivity index is 3.28. The summed E-state index contributed by atoms with van der Waals surface area (Å²) in [5, 5.41) is 14.6. The third kappa shape index (κ3) is 3.77. The number of hydrogen-bond acceptors (Lipinski definition) is 3. The molecule has 1 rings (SSSR count). The molecular formula is C15H24N2O2. The van der Waals surface area contributed by atoms with E-state index in [1.165, 1.54) is 0 Å². The molecule has 0 aliphatic rings. The van der Waals surface area contributed by atoms with Crippen molar-refractivity contribution in [1.82, 2.24) is 5.32 Å². The quantitative estimate of drug-likeness (QED) is 0.630. The van der Waals surface area contributed by atoms with Crippen molar-refractivity contribution in [3.8, 4) is 0 Å². The zero-order valence-corrected chi connectivity index (χ0v) is 12.4. The minimum Gasteiger partial charge on any atom is -0.314 e. The van der Waals surface area contributed by atoms with Gasteiger partial charge in [-0.05, 0) is 32.4 Å². The van der Waals surface area contributed by atoms with Gasteiger partial charge in [-0.3, -0.25) is 10.1 Å². The molecule has 4 nitrogen and oxygen atoms in total. The van der Waals surface area contributed by atoms with Gasteiger partial charge in [-0.1, -0.05) is 32.4 Å². The Morgan fingerprint density at radius 1 is 1.32 bits per heavy atom. The summed E-state index contributed by atoms with van der Waals surface area (Å²) in [5.41, 5.74) is 2.14. The molecule has 0 aromatic heterocycles. The highest BCUT2D eigenvalue weighted by Gasteiger charge is 2.28. The van der Waals surface area contributed by atoms with Crippen LogP contribution in [0.1, 0.15) is 44.7 Å². The maximum Gasteiger partial charge on any atom is 0.272 e. The number of hydrogen-bond donors (Lipinski definition) is 1. The first-order valence-electron chi connectivity index (χ1n) is 6.86. The maximum atomic E-state index is 11.2. The Hall–Kier alpha value is -1.42. The molecule has 106 valence electrons. The Morgan fingerprint density at radius 2 is 1.95 bits per heavy atom. The van der Waals surface area contributed by atoms with Crippen LogP contribution in [-0.4, -0.2) is 17.5 Å². The van der Waals surface area contributed by atoms with Crippen molar-refractivity contribution in [2.45, 2.75) is 46.6 Å². The van der Waals surface area contributed by atoms with E-state index in [9.17, 15) is 10.1 Å². The van der Waals surface area contributed by atoms with E-state index in [0.29, 0.717) is 5.92 Å². The molecule has 0 bridgehead atoms. The van der Waals surface area contributed by atoms with E-state index in [1.807, 2.05) is 13.0 Å². The topological polar surface area (TPSA) is 55.2 Å². The number of rotatable bonds is 6. The summed E-state index contributed by atoms with van der Waals surface area (Å²) in [6.45, 7) is 11.2. The predicted octanol–water partition coefficient (Wildman–Crippen LogP) is 3.64. The molecular weight excluding hydrogens is 240 g/mol. The van der Waals surface area contributed by atoms with E-state index in [2.05, 4.69) is 33.0 Å². The normalized spacial score (nSPS) is 14.4. The minimum absolute atomic E-state index is 0.139. The minimum atomic E-state index is -0.275. The summed E-state index contributed by atoms with van der Waals surface area (Å²) in [6.07, 6.45) is 0. The predicted molar refractivity (Wildman–Crippen MR) is 78.6 cm³/mol. The van der Waals surface area contributed by atoms with Gasteiger partial charge in [0.2, 0.25) is 0 Å². The van der Waals surface area contributed by atoms with E-state index in [4.69, 9.17) is 0 Å². The van der Waals surface area contributed by atoms with Crippen LogP contribution in [0.25, 0.3) is 0 Å². The lowest BCUT2D eigenvalue weighted by Crippen LogP contribution is -2.34. The number of aryl methyl sites for hydroxylation is 1. The first-order valence-corrected chi connectivity index (χ1v) is 6.86. The van der Waals surface area contributed by atoms with Crippen molar-refractivity contribution < 1.29 is 4.92 Å². The van der Waals surface area contributed by atoms with Gasteiger partial charge < -0.3 is 5.32 Å². The highest BCUT2D eigenvalue weighted by molar-refractivity contribution is 5.45. The van der Waals surface area contributed by atoms with Crippen LogP contribution in [0.5, 0.6) is 0 Å². The molecule has 19 heavy (non-hydrogen) atoms. The zero-order chi connectivity index (χ0) is 14.6. The average molecular weight is 264 g/mol. The molecule has 1 aromatic rings. The molecule has 0 fully saturated rings. The summed E-state index contributed by atoms with van der Waals surface area (Å²) in [5.74, 6) is 0.481. The van der Waals surface area contributed by atoms with Crippen LogP contribution in [0.3, 0.4) is 0 Å². The summed E-state index contributed by atoms with van der Waals surface area (Å²) >= 11 is 0. The van der Waals surface area contributed by atoms with Crippen LogP contribution in [0.4, 0.5) is 5.69 Å². The molecule has 1 aromatic carbocycles. The SMILES string of the molecule is CCNC(C)C(c1cc(C)ccc1[N+](=O)[O-])C(C)C. The van der Waals surface area contributed by atoms with Gasteiger partial charge >= 0.3 is 0 Å². The van der Waals surface area contributed by atoms with Gasteiger partial charge in [-0.25, -0.2) is 0 Å². The van der Waals surface area contributed by atoms with Gasteiger partial charge in [0.1, 0.15) is 0 Å². The number of nitro groups is 1. The first kappa shape index (κ1) is 15.6. The Bertz CT molecular complexity index is 444. The fourth-order valence-electron chi connectivity index (χ4n) is 2.76. The van der Waals surface area contributed by atoms with Gasteiger partial charge in [-0.15, -0.1) is 0 Å². The van der Waals surface area contributed by atoms with Crippen LogP contribution >= 0.6 is 0 Å². The zero-order valence-electron chi connectivity index (χ0n) is 12.4. The Labute approximate surface area is 115 Å². The molecule has 1 N–H and O–H groups in total. The summed E-state index contributed by atoms with van der Waals surface area (Å²) < 4.78 is 0. The lowest BCUT2D eigenvalue weighted by atomic mass is 9.81. The smallest absolute Gasteiger partial charge is 0.272 e. The van der Waals surface area contributed by atoms with Crippen LogP contribution < -0.4 is 5.32 Å². The van der Waals surface area contributed by atoms with Gasteiger partial charge in [-0.2, -0.15) is 0 Å². The maximum absolute atomic E-state index is 11.2. The van der Waals surface area contributed by atoms with Crippen molar-refractivity contribution >= 4 is 5.69 Å². The number of benzene rings is 1. The number of likely N-dealkylation sites (N-methyl/N-ethyl adjacent to an activating group) is 1. The molecule has 0 spiro atoms. The van der Waals surface area contributed by atoms with E-state index in [1.54, 1.807) is 12.1 Å². The van der Waals surface area contributed by atoms with Gasteiger partial charge in [0.25, 0.3) is 5.69 Å². The Kier molecular flexibility index (Phi) is 5.48. The fraction of sp³-hybridized carbons (Fsp3) is 0.600. The average Bonchev–Trinajstić information content (AvgIpc) is 2.28. The first-order chi connectivity index (χ1) is 8.88. The summed E-state index contributed by atoms with van der Waals surface area (Å²) in [7, 11) is 0. The summed E-state index contributed by atoms with van der Waals surface area (Å²) in [4.78, 5) is 11.0. The molecule has 0 amide bonds. The fourth-order valence-corrected chi connectivity index (χ4v) is 2.76. The highest BCUT2D eigenvalue weighted by atomic mass is 16.6. The molecule has 0 saturated carbocycles. The van der Waals surface area contributed by atoms with Crippen molar-refractivity contribution in [3.63, 3.8) is 0 Å². The molecule has 0 saturated heterocycles. The second-order valence-corrected chi connectivity index (χ2v) is 5.44. The van der Waals surface area contributed by atoms with Crippen molar-refractivity contribution in [1.29, 1.82) is 0 Å². The van der Waals surface area contributed by atoms with Crippen LogP contribution in [0, 0.1) is 23.0 Å². The second kappa shape index (κ2) is 6.66. The van der Waals surface area contributed by atoms with E-state index in [-0.39, 0.29) is 22.6 Å². The standard InChI is InChI=1S/C15H24N2O2/c1-6-16-12(5)15(10(2)3)13-9-11(4)7-8-14(13)17(18)19/h7-10,12,15-16H,6H2,1-5H3. The lowest BCUT2D eigenvalue weighted by Gasteiger charge is -2.28. The molecule has 0 heterocycles. The lowest BCUT2D eigenvalue weighted by molar-refractivity contribution is -0.385. The molecule has 0 radical (unpaired) electrons. The highest BCUT2D eigenvalue weighted by Crippen LogP contribution is 2.35.